The predicted molar refractivity (Wildman–Crippen MR) is 172 cm³/mol. The van der Waals surface area contributed by atoms with Crippen LogP contribution in [0.3, 0.4) is 0 Å². The van der Waals surface area contributed by atoms with Gasteiger partial charge in [-0.15, -0.1) is 0 Å². The Balaban J connectivity index is 1.15. The molecule has 4 heterocycles. The number of aromatic nitrogens is 5. The molecule has 2 aliphatic rings. The van der Waals surface area contributed by atoms with E-state index < -0.39 is 5.60 Å². The number of carbonyl (C=O) groups excluding carboxylic acids is 1. The lowest BCUT2D eigenvalue weighted by molar-refractivity contribution is 0.0305. The van der Waals surface area contributed by atoms with Crippen molar-refractivity contribution in [2.45, 2.75) is 56.8 Å². The highest BCUT2D eigenvalue weighted by Gasteiger charge is 2.39. The summed E-state index contributed by atoms with van der Waals surface area (Å²) >= 11 is 0. The maximum absolute atomic E-state index is 13.7. The zero-order valence-corrected chi connectivity index (χ0v) is 25.8. The molecule has 236 valence electrons. The van der Waals surface area contributed by atoms with Crippen LogP contribution in [0.15, 0.2) is 67.3 Å². The molecule has 3 aromatic heterocycles. The van der Waals surface area contributed by atoms with E-state index in [2.05, 4.69) is 36.6 Å². The van der Waals surface area contributed by atoms with Crippen molar-refractivity contribution in [3.63, 3.8) is 0 Å². The van der Waals surface area contributed by atoms with Crippen LogP contribution in [0.2, 0.25) is 0 Å². The van der Waals surface area contributed by atoms with Crippen molar-refractivity contribution in [3.8, 4) is 23.2 Å². The minimum Gasteiger partial charge on any atom is -0.467 e. The highest BCUT2D eigenvalue weighted by atomic mass is 16.5. The number of amides is 2. The van der Waals surface area contributed by atoms with E-state index in [1.165, 1.54) is 13.3 Å². The number of ether oxygens (including phenoxy) is 1. The molecule has 0 spiro atoms. The monoisotopic (exact) mass is 620 g/mol. The quantitative estimate of drug-likeness (QED) is 0.248. The molecule has 13 heteroatoms. The van der Waals surface area contributed by atoms with Crippen LogP contribution in [0.4, 0.5) is 22.4 Å². The number of methoxy groups -OCH3 is 1. The van der Waals surface area contributed by atoms with Gasteiger partial charge >= 0.3 is 12.0 Å². The molecule has 1 aliphatic heterocycles. The van der Waals surface area contributed by atoms with E-state index in [4.69, 9.17) is 9.72 Å². The highest BCUT2D eigenvalue weighted by Crippen LogP contribution is 2.31. The molecule has 1 aromatic carbocycles. The van der Waals surface area contributed by atoms with Gasteiger partial charge in [-0.2, -0.15) is 10.2 Å². The third kappa shape index (κ3) is 6.97. The molecule has 2 amide bonds. The third-order valence-electron chi connectivity index (χ3n) is 8.29. The Morgan fingerprint density at radius 2 is 1.74 bits per heavy atom. The number of aliphatic hydroxyl groups is 1. The zero-order chi connectivity index (χ0) is 32.1. The molecular weight excluding hydrogens is 584 g/mol. The lowest BCUT2D eigenvalue weighted by atomic mass is 9.90. The lowest BCUT2D eigenvalue weighted by Gasteiger charge is -2.45. The predicted octanol–water partition coefficient (Wildman–Crippen LogP) is 3.92. The van der Waals surface area contributed by atoms with E-state index in [1.54, 1.807) is 30.4 Å². The van der Waals surface area contributed by atoms with Gasteiger partial charge in [-0.05, 0) is 50.3 Å². The first-order chi connectivity index (χ1) is 22.3. The standard InChI is InChI=1S/C33H36N10O3/c1-33(45)20-42(21-33)29-24(14-34)17-36-30(41-29)40-26-9-11-27(12-10-26)43(32(44)39-15-22-6-4-3-5-7-22)28-13-8-23(16-35-28)25-18-37-31(46-2)38-19-25/h3-8,13,16-19,26-27,45H,9-12,15,20-21H2,1-2H3,(H,39,44)(H,36,40,41). The number of urea groups is 1. The largest absolute Gasteiger partial charge is 0.467 e. The molecule has 0 unspecified atom stereocenters. The van der Waals surface area contributed by atoms with Crippen LogP contribution in [-0.4, -0.2) is 73.9 Å². The van der Waals surface area contributed by atoms with Crippen LogP contribution in [-0.2, 0) is 6.54 Å². The van der Waals surface area contributed by atoms with Crippen molar-refractivity contribution in [2.75, 3.05) is 35.3 Å². The van der Waals surface area contributed by atoms with E-state index in [0.717, 1.165) is 42.4 Å². The van der Waals surface area contributed by atoms with Crippen molar-refractivity contribution in [3.05, 3.63) is 78.4 Å². The normalized spacial score (nSPS) is 18.5. The molecule has 0 atom stereocenters. The number of carbonyl (C=O) groups is 1. The molecule has 0 bridgehead atoms. The summed E-state index contributed by atoms with van der Waals surface area (Å²) in [5.74, 6) is 1.53. The fraction of sp³-hybridized carbons (Fsp3) is 0.364. The number of pyridine rings is 1. The number of hydrogen-bond donors (Lipinski definition) is 3. The fourth-order valence-corrected chi connectivity index (χ4v) is 5.93. The maximum Gasteiger partial charge on any atom is 0.323 e. The van der Waals surface area contributed by atoms with Crippen LogP contribution in [0.1, 0.15) is 43.7 Å². The van der Waals surface area contributed by atoms with E-state index in [9.17, 15) is 15.2 Å². The van der Waals surface area contributed by atoms with Crippen LogP contribution < -0.4 is 25.2 Å². The van der Waals surface area contributed by atoms with Gasteiger partial charge in [-0.1, -0.05) is 30.3 Å². The minimum absolute atomic E-state index is 0.0720. The van der Waals surface area contributed by atoms with Gasteiger partial charge in [-0.25, -0.2) is 24.7 Å². The first-order valence-corrected chi connectivity index (χ1v) is 15.3. The molecule has 1 aliphatic carbocycles. The molecule has 0 radical (unpaired) electrons. The molecule has 1 saturated carbocycles. The molecule has 2 fully saturated rings. The summed E-state index contributed by atoms with van der Waals surface area (Å²) in [5.41, 5.74) is 2.21. The molecule has 13 nitrogen and oxygen atoms in total. The zero-order valence-electron chi connectivity index (χ0n) is 25.8. The Hall–Kier alpha value is -5.35. The Morgan fingerprint density at radius 1 is 1.02 bits per heavy atom. The smallest absolute Gasteiger partial charge is 0.323 e. The minimum atomic E-state index is -0.789. The van der Waals surface area contributed by atoms with Crippen LogP contribution in [0.5, 0.6) is 6.01 Å². The Morgan fingerprint density at radius 3 is 2.37 bits per heavy atom. The number of anilines is 3. The van der Waals surface area contributed by atoms with Crippen molar-refractivity contribution in [1.29, 1.82) is 5.26 Å². The van der Waals surface area contributed by atoms with Gasteiger partial charge in [0.2, 0.25) is 5.95 Å². The second-order valence-electron chi connectivity index (χ2n) is 11.9. The van der Waals surface area contributed by atoms with Crippen molar-refractivity contribution < 1.29 is 14.6 Å². The number of rotatable bonds is 9. The highest BCUT2D eigenvalue weighted by molar-refractivity contribution is 5.91. The van der Waals surface area contributed by atoms with Gasteiger partial charge in [0.25, 0.3) is 0 Å². The second-order valence-corrected chi connectivity index (χ2v) is 11.9. The number of nitrogens with zero attached hydrogens (tertiary/aromatic N) is 8. The lowest BCUT2D eigenvalue weighted by Crippen LogP contribution is -2.60. The van der Waals surface area contributed by atoms with Gasteiger partial charge in [-0.3, -0.25) is 4.90 Å². The summed E-state index contributed by atoms with van der Waals surface area (Å²) < 4.78 is 5.06. The van der Waals surface area contributed by atoms with Crippen LogP contribution >= 0.6 is 0 Å². The summed E-state index contributed by atoms with van der Waals surface area (Å²) in [6.45, 7) is 2.99. The summed E-state index contributed by atoms with van der Waals surface area (Å²) in [6, 6.07) is 15.8. The van der Waals surface area contributed by atoms with E-state index in [0.29, 0.717) is 42.8 Å². The number of hydrogen-bond acceptors (Lipinski definition) is 11. The Labute approximate surface area is 267 Å². The van der Waals surface area contributed by atoms with Gasteiger partial charge < -0.3 is 25.4 Å². The second kappa shape index (κ2) is 13.3. The van der Waals surface area contributed by atoms with Crippen molar-refractivity contribution >= 4 is 23.6 Å². The fourth-order valence-electron chi connectivity index (χ4n) is 5.93. The summed E-state index contributed by atoms with van der Waals surface area (Å²) in [5, 5.41) is 26.2. The van der Waals surface area contributed by atoms with E-state index >= 15 is 0 Å². The SMILES string of the molecule is COc1ncc(-c2ccc(N(C(=O)NCc3ccccc3)C3CCC(Nc4ncc(C#N)c(N5CC(C)(O)C5)n4)CC3)nc2)cn1. The van der Waals surface area contributed by atoms with Gasteiger partial charge in [0, 0.05) is 61.4 Å². The first-order valence-electron chi connectivity index (χ1n) is 15.3. The third-order valence-corrected chi connectivity index (χ3v) is 8.29. The summed E-state index contributed by atoms with van der Waals surface area (Å²) in [6.07, 6.45) is 9.65. The van der Waals surface area contributed by atoms with E-state index in [1.807, 2.05) is 47.4 Å². The molecule has 1 saturated heterocycles. The number of β-amino-alcohol motifs (C(OH)–C–C–N with tert-alkyl or cyclic N) is 1. The summed E-state index contributed by atoms with van der Waals surface area (Å²) in [7, 11) is 1.52. The Bertz CT molecular complexity index is 1680. The first kappa shape index (κ1) is 30.7. The number of benzene rings is 1. The van der Waals surface area contributed by atoms with Crippen molar-refractivity contribution in [2.24, 2.45) is 0 Å². The van der Waals surface area contributed by atoms with Gasteiger partial charge in [0.05, 0.1) is 18.9 Å². The molecule has 3 N–H and O–H groups in total. The van der Waals surface area contributed by atoms with Crippen molar-refractivity contribution in [1.82, 2.24) is 30.2 Å². The average Bonchev–Trinajstić information content (AvgIpc) is 3.08. The topological polar surface area (TPSA) is 165 Å². The van der Waals surface area contributed by atoms with Gasteiger partial charge in [0.1, 0.15) is 17.5 Å². The maximum atomic E-state index is 13.7. The van der Waals surface area contributed by atoms with E-state index in [-0.39, 0.29) is 24.1 Å². The van der Waals surface area contributed by atoms with Crippen LogP contribution in [0.25, 0.3) is 11.1 Å². The molecule has 6 rings (SSSR count). The Kier molecular flexibility index (Phi) is 8.89. The molecule has 4 aromatic rings. The molecule has 46 heavy (non-hydrogen) atoms. The average molecular weight is 621 g/mol. The number of nitriles is 1. The number of nitrogens with one attached hydrogen (secondary N) is 2. The summed E-state index contributed by atoms with van der Waals surface area (Å²) in [4.78, 5) is 39.4. The molecular formula is C33H36N10O3. The van der Waals surface area contributed by atoms with Gasteiger partial charge in [0.15, 0.2) is 5.82 Å². The van der Waals surface area contributed by atoms with Crippen LogP contribution in [0, 0.1) is 11.3 Å².